The Morgan fingerprint density at radius 3 is 2.16 bits per heavy atom. The van der Waals surface area contributed by atoms with Gasteiger partial charge in [-0.15, -0.1) is 0 Å². The van der Waals surface area contributed by atoms with E-state index in [2.05, 4.69) is 10.1 Å². The number of carbonyl (C=O) groups excluding carboxylic acids is 3. The molecule has 2 aromatic carbocycles. The summed E-state index contributed by atoms with van der Waals surface area (Å²) < 4.78 is 9.50. The number of halogens is 1. The number of amides is 1. The molecular formula is C18H16ClNO5. The summed E-state index contributed by atoms with van der Waals surface area (Å²) in [6, 6.07) is 12.9. The van der Waals surface area contributed by atoms with E-state index in [0.717, 1.165) is 5.56 Å². The Labute approximate surface area is 149 Å². The maximum atomic E-state index is 11.9. The molecule has 0 bridgehead atoms. The Kier molecular flexibility index (Phi) is 6.54. The summed E-state index contributed by atoms with van der Waals surface area (Å²) in [5, 5.41) is 3.16. The normalized spacial score (nSPS) is 10.0. The molecule has 6 nitrogen and oxygen atoms in total. The van der Waals surface area contributed by atoms with Crippen LogP contribution in [0, 0.1) is 0 Å². The minimum atomic E-state index is -0.663. The molecule has 0 unspecified atom stereocenters. The van der Waals surface area contributed by atoms with Crippen molar-refractivity contribution in [1.82, 2.24) is 5.32 Å². The van der Waals surface area contributed by atoms with E-state index >= 15 is 0 Å². The summed E-state index contributed by atoms with van der Waals surface area (Å²) in [5.74, 6) is -1.61. The lowest BCUT2D eigenvalue weighted by Gasteiger charge is -2.08. The van der Waals surface area contributed by atoms with Crippen molar-refractivity contribution in [3.05, 3.63) is 70.2 Å². The van der Waals surface area contributed by atoms with E-state index in [-0.39, 0.29) is 12.1 Å². The Morgan fingerprint density at radius 1 is 0.960 bits per heavy atom. The highest BCUT2D eigenvalue weighted by atomic mass is 35.5. The van der Waals surface area contributed by atoms with Crippen molar-refractivity contribution in [2.24, 2.45) is 0 Å². The van der Waals surface area contributed by atoms with Crippen LogP contribution in [0.1, 0.15) is 26.3 Å². The third kappa shape index (κ3) is 5.32. The molecule has 7 heteroatoms. The van der Waals surface area contributed by atoms with E-state index in [4.69, 9.17) is 16.3 Å². The summed E-state index contributed by atoms with van der Waals surface area (Å²) >= 11 is 5.99. The molecule has 0 aliphatic heterocycles. The third-order valence-electron chi connectivity index (χ3n) is 3.31. The Hall–Kier alpha value is -2.86. The molecule has 0 heterocycles. The number of esters is 2. The van der Waals surface area contributed by atoms with Gasteiger partial charge in [-0.05, 0) is 35.9 Å². The first-order chi connectivity index (χ1) is 12.0. The van der Waals surface area contributed by atoms with Crippen molar-refractivity contribution in [3.63, 3.8) is 0 Å². The van der Waals surface area contributed by atoms with Gasteiger partial charge in [0.1, 0.15) is 0 Å². The number of rotatable bonds is 6. The van der Waals surface area contributed by atoms with Crippen molar-refractivity contribution in [3.8, 4) is 0 Å². The van der Waals surface area contributed by atoms with Crippen molar-refractivity contribution in [2.45, 2.75) is 6.54 Å². The molecule has 25 heavy (non-hydrogen) atoms. The second-order valence-electron chi connectivity index (χ2n) is 5.01. The zero-order valence-corrected chi connectivity index (χ0v) is 14.2. The lowest BCUT2D eigenvalue weighted by Crippen LogP contribution is -2.28. The van der Waals surface area contributed by atoms with Gasteiger partial charge < -0.3 is 14.8 Å². The van der Waals surface area contributed by atoms with E-state index in [1.807, 2.05) is 6.07 Å². The molecule has 0 fully saturated rings. The van der Waals surface area contributed by atoms with Crippen LogP contribution in [-0.2, 0) is 20.8 Å². The number of carbonyl (C=O) groups is 3. The summed E-state index contributed by atoms with van der Waals surface area (Å²) in [5.41, 5.74) is 1.31. The predicted molar refractivity (Wildman–Crippen MR) is 91.4 cm³/mol. The molecule has 130 valence electrons. The molecular weight excluding hydrogens is 346 g/mol. The van der Waals surface area contributed by atoms with E-state index in [1.54, 1.807) is 18.2 Å². The Bertz CT molecular complexity index is 773. The molecule has 0 atom stereocenters. The summed E-state index contributed by atoms with van der Waals surface area (Å²) in [6.45, 7) is -0.175. The van der Waals surface area contributed by atoms with Gasteiger partial charge in [-0.3, -0.25) is 4.79 Å². The van der Waals surface area contributed by atoms with Crippen LogP contribution in [0.15, 0.2) is 48.5 Å². The maximum Gasteiger partial charge on any atom is 0.338 e. The van der Waals surface area contributed by atoms with Gasteiger partial charge >= 0.3 is 11.9 Å². The van der Waals surface area contributed by atoms with Gasteiger partial charge in [0.05, 0.1) is 18.2 Å². The highest BCUT2D eigenvalue weighted by Gasteiger charge is 2.12. The number of ether oxygens (including phenoxy) is 2. The van der Waals surface area contributed by atoms with E-state index in [9.17, 15) is 14.4 Å². The lowest BCUT2D eigenvalue weighted by atomic mass is 10.1. The zero-order chi connectivity index (χ0) is 18.2. The lowest BCUT2D eigenvalue weighted by molar-refractivity contribution is -0.124. The summed E-state index contributed by atoms with van der Waals surface area (Å²) in [6.07, 6.45) is 0. The first kappa shape index (κ1) is 18.5. The average molecular weight is 362 g/mol. The zero-order valence-electron chi connectivity index (χ0n) is 13.5. The number of hydrogen-bond acceptors (Lipinski definition) is 5. The molecule has 1 N–H and O–H groups in total. The number of benzene rings is 2. The highest BCUT2D eigenvalue weighted by Crippen LogP contribution is 2.14. The largest absolute Gasteiger partial charge is 0.465 e. The van der Waals surface area contributed by atoms with E-state index in [0.29, 0.717) is 10.6 Å². The molecule has 1 amide bonds. The second-order valence-corrected chi connectivity index (χ2v) is 5.42. The van der Waals surface area contributed by atoms with E-state index in [1.165, 1.54) is 31.4 Å². The predicted octanol–water partition coefficient (Wildman–Crippen LogP) is 2.60. The fourth-order valence-electron chi connectivity index (χ4n) is 1.96. The molecule has 0 aliphatic rings. The van der Waals surface area contributed by atoms with Gasteiger partial charge in [0.25, 0.3) is 5.91 Å². The third-order valence-corrected chi connectivity index (χ3v) is 3.68. The first-order valence-corrected chi connectivity index (χ1v) is 7.74. The standard InChI is InChI=1S/C18H16ClNO5/c1-24-17(22)12-6-8-13(9-7-12)18(23)25-11-16(21)20-10-14-4-2-3-5-15(14)19/h2-9H,10-11H2,1H3,(H,20,21). The summed E-state index contributed by atoms with van der Waals surface area (Å²) in [7, 11) is 1.27. The molecule has 2 rings (SSSR count). The van der Waals surface area contributed by atoms with Gasteiger partial charge in [0.2, 0.25) is 0 Å². The first-order valence-electron chi connectivity index (χ1n) is 7.37. The van der Waals surface area contributed by atoms with Crippen LogP contribution in [0.3, 0.4) is 0 Å². The van der Waals surface area contributed by atoms with Crippen molar-refractivity contribution in [1.29, 1.82) is 0 Å². The monoisotopic (exact) mass is 361 g/mol. The minimum absolute atomic E-state index is 0.228. The molecule has 0 aliphatic carbocycles. The van der Waals surface area contributed by atoms with Gasteiger partial charge in [-0.25, -0.2) is 9.59 Å². The van der Waals surface area contributed by atoms with Crippen LogP contribution in [0.5, 0.6) is 0 Å². The fourth-order valence-corrected chi connectivity index (χ4v) is 2.16. The highest BCUT2D eigenvalue weighted by molar-refractivity contribution is 6.31. The van der Waals surface area contributed by atoms with Crippen LogP contribution in [-0.4, -0.2) is 31.6 Å². The molecule has 0 saturated heterocycles. The number of methoxy groups -OCH3 is 1. The maximum absolute atomic E-state index is 11.9. The van der Waals surface area contributed by atoms with Crippen LogP contribution in [0.25, 0.3) is 0 Å². The SMILES string of the molecule is COC(=O)c1ccc(C(=O)OCC(=O)NCc2ccccc2Cl)cc1. The van der Waals surface area contributed by atoms with Gasteiger partial charge in [-0.1, -0.05) is 29.8 Å². The minimum Gasteiger partial charge on any atom is -0.465 e. The van der Waals surface area contributed by atoms with Gasteiger partial charge in [0, 0.05) is 11.6 Å². The quantitative estimate of drug-likeness (QED) is 0.800. The molecule has 0 saturated carbocycles. The van der Waals surface area contributed by atoms with Crippen molar-refractivity contribution >= 4 is 29.4 Å². The average Bonchev–Trinajstić information content (AvgIpc) is 2.65. The van der Waals surface area contributed by atoms with Gasteiger partial charge in [0.15, 0.2) is 6.61 Å². The van der Waals surface area contributed by atoms with Crippen LogP contribution in [0.2, 0.25) is 5.02 Å². The molecule has 0 radical (unpaired) electrons. The fraction of sp³-hybridized carbons (Fsp3) is 0.167. The Balaban J connectivity index is 1.82. The van der Waals surface area contributed by atoms with Crippen molar-refractivity contribution < 1.29 is 23.9 Å². The number of nitrogens with one attached hydrogen (secondary N) is 1. The van der Waals surface area contributed by atoms with Crippen LogP contribution in [0.4, 0.5) is 0 Å². The van der Waals surface area contributed by atoms with Gasteiger partial charge in [-0.2, -0.15) is 0 Å². The smallest absolute Gasteiger partial charge is 0.338 e. The molecule has 0 spiro atoms. The molecule has 2 aromatic rings. The summed E-state index contributed by atoms with van der Waals surface area (Å²) in [4.78, 5) is 35.0. The second kappa shape index (κ2) is 8.84. The van der Waals surface area contributed by atoms with E-state index < -0.39 is 24.5 Å². The van der Waals surface area contributed by atoms with Crippen LogP contribution >= 0.6 is 11.6 Å². The Morgan fingerprint density at radius 2 is 1.56 bits per heavy atom. The van der Waals surface area contributed by atoms with Crippen molar-refractivity contribution in [2.75, 3.05) is 13.7 Å². The molecule has 0 aromatic heterocycles. The van der Waals surface area contributed by atoms with Crippen LogP contribution < -0.4 is 5.32 Å². The topological polar surface area (TPSA) is 81.7 Å². The number of hydrogen-bond donors (Lipinski definition) is 1.